The lowest BCUT2D eigenvalue weighted by molar-refractivity contribution is -0.125. The number of rotatable bonds is 3. The second-order valence-electron chi connectivity index (χ2n) is 6.87. The summed E-state index contributed by atoms with van der Waals surface area (Å²) in [5.74, 6) is 0.528. The zero-order valence-electron chi connectivity index (χ0n) is 15.2. The molecule has 5 heteroatoms. The molecule has 1 aliphatic heterocycles. The number of hydrogen-bond acceptors (Lipinski definition) is 3. The summed E-state index contributed by atoms with van der Waals surface area (Å²) in [6.07, 6.45) is 3.98. The van der Waals surface area contributed by atoms with E-state index in [0.717, 1.165) is 28.5 Å². The molecule has 136 valence electrons. The molecule has 4 nitrogen and oxygen atoms in total. The van der Waals surface area contributed by atoms with Gasteiger partial charge in [0.05, 0.1) is 5.52 Å². The Morgan fingerprint density at radius 2 is 2.15 bits per heavy atom. The molecule has 1 saturated heterocycles. The standard InChI is InChI=1S/C22H20FN3O/c1-3-21(27)26-9-8-15(13-26)19-11-16(18-6-4-5-7-20(18)23)10-17-12-24-14(2)25-22(17)19/h3-7,10-12,15H,1,8-9,13H2,2H3. The Bertz CT molecular complexity index is 1050. The van der Waals surface area contributed by atoms with Gasteiger partial charge in [-0.15, -0.1) is 0 Å². The lowest BCUT2D eigenvalue weighted by Gasteiger charge is -2.17. The van der Waals surface area contributed by atoms with E-state index in [-0.39, 0.29) is 17.6 Å². The van der Waals surface area contributed by atoms with Crippen LogP contribution >= 0.6 is 0 Å². The molecule has 1 aromatic heterocycles. The van der Waals surface area contributed by atoms with E-state index >= 15 is 0 Å². The quantitative estimate of drug-likeness (QED) is 0.655. The van der Waals surface area contributed by atoms with Gasteiger partial charge in [0.15, 0.2) is 0 Å². The van der Waals surface area contributed by atoms with E-state index in [1.165, 1.54) is 12.1 Å². The maximum Gasteiger partial charge on any atom is 0.245 e. The zero-order chi connectivity index (χ0) is 19.0. The molecule has 0 N–H and O–H groups in total. The third-order valence-electron chi connectivity index (χ3n) is 5.13. The maximum absolute atomic E-state index is 14.4. The van der Waals surface area contributed by atoms with Crippen LogP contribution in [0.4, 0.5) is 4.39 Å². The molecule has 0 bridgehead atoms. The first-order valence-corrected chi connectivity index (χ1v) is 9.00. The summed E-state index contributed by atoms with van der Waals surface area (Å²) in [5.41, 5.74) is 3.27. The summed E-state index contributed by atoms with van der Waals surface area (Å²) in [6, 6.07) is 10.7. The molecule has 0 radical (unpaired) electrons. The van der Waals surface area contributed by atoms with Crippen LogP contribution in [0, 0.1) is 12.7 Å². The molecule has 2 heterocycles. The van der Waals surface area contributed by atoms with Gasteiger partial charge in [-0.1, -0.05) is 24.8 Å². The Hall–Kier alpha value is -3.08. The van der Waals surface area contributed by atoms with Gasteiger partial charge < -0.3 is 4.90 Å². The van der Waals surface area contributed by atoms with Crippen molar-refractivity contribution in [1.82, 2.24) is 14.9 Å². The predicted molar refractivity (Wildman–Crippen MR) is 104 cm³/mol. The van der Waals surface area contributed by atoms with Crippen molar-refractivity contribution in [3.05, 3.63) is 72.5 Å². The molecular formula is C22H20FN3O. The number of likely N-dealkylation sites (tertiary alicyclic amines) is 1. The number of aromatic nitrogens is 2. The molecule has 1 amide bonds. The summed E-state index contributed by atoms with van der Waals surface area (Å²) in [7, 11) is 0. The van der Waals surface area contributed by atoms with Crippen molar-refractivity contribution < 1.29 is 9.18 Å². The Labute approximate surface area is 157 Å². The third-order valence-corrected chi connectivity index (χ3v) is 5.13. The Morgan fingerprint density at radius 3 is 2.93 bits per heavy atom. The fourth-order valence-corrected chi connectivity index (χ4v) is 3.77. The van der Waals surface area contributed by atoms with Crippen LogP contribution in [0.5, 0.6) is 0 Å². The normalized spacial score (nSPS) is 16.7. The number of amides is 1. The Morgan fingerprint density at radius 1 is 1.33 bits per heavy atom. The van der Waals surface area contributed by atoms with Gasteiger partial charge in [0, 0.05) is 36.2 Å². The molecule has 0 saturated carbocycles. The molecular weight excluding hydrogens is 341 g/mol. The van der Waals surface area contributed by atoms with Crippen LogP contribution < -0.4 is 0 Å². The average molecular weight is 361 g/mol. The molecule has 0 spiro atoms. The van der Waals surface area contributed by atoms with E-state index in [4.69, 9.17) is 0 Å². The summed E-state index contributed by atoms with van der Waals surface area (Å²) in [6.45, 7) is 6.73. The molecule has 1 fully saturated rings. The number of carbonyl (C=O) groups is 1. The van der Waals surface area contributed by atoms with Crippen LogP contribution in [-0.2, 0) is 4.79 Å². The summed E-state index contributed by atoms with van der Waals surface area (Å²) in [5, 5.41) is 0.879. The zero-order valence-corrected chi connectivity index (χ0v) is 15.2. The van der Waals surface area contributed by atoms with Gasteiger partial charge in [-0.2, -0.15) is 0 Å². The fraction of sp³-hybridized carbons (Fsp3) is 0.227. The van der Waals surface area contributed by atoms with Crippen molar-refractivity contribution in [3.63, 3.8) is 0 Å². The van der Waals surface area contributed by atoms with Crippen molar-refractivity contribution >= 4 is 16.8 Å². The number of benzene rings is 2. The topological polar surface area (TPSA) is 46.1 Å². The predicted octanol–water partition coefficient (Wildman–Crippen LogP) is 4.25. The summed E-state index contributed by atoms with van der Waals surface area (Å²) < 4.78 is 14.4. The molecule has 3 aromatic rings. The summed E-state index contributed by atoms with van der Waals surface area (Å²) in [4.78, 5) is 22.7. The smallest absolute Gasteiger partial charge is 0.245 e. The largest absolute Gasteiger partial charge is 0.339 e. The van der Waals surface area contributed by atoms with Crippen LogP contribution in [0.15, 0.2) is 55.3 Å². The van der Waals surface area contributed by atoms with Crippen molar-refractivity contribution in [2.45, 2.75) is 19.3 Å². The lowest BCUT2D eigenvalue weighted by Crippen LogP contribution is -2.26. The number of carbonyl (C=O) groups excluding carboxylic acids is 1. The Balaban J connectivity index is 1.85. The van der Waals surface area contributed by atoms with Gasteiger partial charge in [-0.3, -0.25) is 4.79 Å². The highest BCUT2D eigenvalue weighted by atomic mass is 19.1. The number of fused-ring (bicyclic) bond motifs is 1. The Kier molecular flexibility index (Phi) is 4.44. The third kappa shape index (κ3) is 3.21. The maximum atomic E-state index is 14.4. The molecule has 0 aliphatic carbocycles. The van der Waals surface area contributed by atoms with Crippen LogP contribution in [0.2, 0.25) is 0 Å². The highest BCUT2D eigenvalue weighted by molar-refractivity contribution is 5.89. The molecule has 1 aliphatic rings. The first-order valence-electron chi connectivity index (χ1n) is 9.00. The molecule has 4 rings (SSSR count). The van der Waals surface area contributed by atoms with E-state index in [2.05, 4.69) is 16.5 Å². The number of aryl methyl sites for hydroxylation is 1. The second kappa shape index (κ2) is 6.91. The minimum atomic E-state index is -0.259. The van der Waals surface area contributed by atoms with E-state index in [1.54, 1.807) is 23.2 Å². The van der Waals surface area contributed by atoms with Crippen LogP contribution in [0.3, 0.4) is 0 Å². The van der Waals surface area contributed by atoms with Crippen molar-refractivity contribution in [2.75, 3.05) is 13.1 Å². The van der Waals surface area contributed by atoms with Gasteiger partial charge in [-0.25, -0.2) is 14.4 Å². The first kappa shape index (κ1) is 17.3. The molecule has 2 aromatic carbocycles. The molecule has 27 heavy (non-hydrogen) atoms. The minimum absolute atomic E-state index is 0.0575. The number of halogens is 1. The summed E-state index contributed by atoms with van der Waals surface area (Å²) >= 11 is 0. The average Bonchev–Trinajstić information content (AvgIpc) is 3.17. The van der Waals surface area contributed by atoms with Crippen molar-refractivity contribution in [2.24, 2.45) is 0 Å². The lowest BCUT2D eigenvalue weighted by atomic mass is 9.91. The van der Waals surface area contributed by atoms with E-state index in [9.17, 15) is 9.18 Å². The van der Waals surface area contributed by atoms with Crippen molar-refractivity contribution in [1.29, 1.82) is 0 Å². The minimum Gasteiger partial charge on any atom is -0.339 e. The molecule has 1 unspecified atom stereocenters. The first-order chi connectivity index (χ1) is 13.1. The van der Waals surface area contributed by atoms with Gasteiger partial charge >= 0.3 is 0 Å². The molecule has 1 atom stereocenters. The highest BCUT2D eigenvalue weighted by Crippen LogP contribution is 2.36. The fourth-order valence-electron chi connectivity index (χ4n) is 3.77. The van der Waals surface area contributed by atoms with Gasteiger partial charge in [0.25, 0.3) is 0 Å². The van der Waals surface area contributed by atoms with Crippen LogP contribution in [0.25, 0.3) is 22.0 Å². The second-order valence-corrected chi connectivity index (χ2v) is 6.87. The van der Waals surface area contributed by atoms with Crippen molar-refractivity contribution in [3.8, 4) is 11.1 Å². The monoisotopic (exact) mass is 361 g/mol. The number of hydrogen-bond donors (Lipinski definition) is 0. The van der Waals surface area contributed by atoms with Crippen LogP contribution in [-0.4, -0.2) is 33.9 Å². The van der Waals surface area contributed by atoms with Crippen LogP contribution in [0.1, 0.15) is 23.7 Å². The number of nitrogens with zero attached hydrogens (tertiary/aromatic N) is 3. The van der Waals surface area contributed by atoms with Gasteiger partial charge in [0.2, 0.25) is 5.91 Å². The van der Waals surface area contributed by atoms with Gasteiger partial charge in [-0.05, 0) is 48.7 Å². The van der Waals surface area contributed by atoms with E-state index in [1.807, 2.05) is 25.1 Å². The van der Waals surface area contributed by atoms with E-state index < -0.39 is 0 Å². The SMILES string of the molecule is C=CC(=O)N1CCC(c2cc(-c3ccccc3F)cc3cnc(C)nc23)C1. The highest BCUT2D eigenvalue weighted by Gasteiger charge is 2.28. The van der Waals surface area contributed by atoms with E-state index in [0.29, 0.717) is 24.5 Å². The van der Waals surface area contributed by atoms with Gasteiger partial charge in [0.1, 0.15) is 11.6 Å².